The number of aryl methyl sites for hydroxylation is 1. The van der Waals surface area contributed by atoms with Crippen molar-refractivity contribution in [3.8, 4) is 11.1 Å². The van der Waals surface area contributed by atoms with Gasteiger partial charge in [0.15, 0.2) is 10.8 Å². The van der Waals surface area contributed by atoms with E-state index in [-0.39, 0.29) is 44.1 Å². The molecule has 0 aliphatic heterocycles. The minimum absolute atomic E-state index is 0.0296. The number of ether oxygens (including phenoxy) is 1. The maximum atomic E-state index is 13.1. The molecule has 0 amide bonds. The largest absolute Gasteiger partial charge is 0.476 e. The molecule has 5 atom stereocenters. The van der Waals surface area contributed by atoms with E-state index in [2.05, 4.69) is 29.0 Å². The van der Waals surface area contributed by atoms with Gasteiger partial charge in [-0.15, -0.1) is 10.2 Å². The number of carbonyl (C=O) groups excluding carboxylic acids is 1. The molecule has 2 bridgehead atoms. The number of aromatic carboxylic acids is 1. The molecular weight excluding hydrogens is 556 g/mol. The van der Waals surface area contributed by atoms with Crippen LogP contribution in [0.4, 0.5) is 0 Å². The normalized spacial score (nSPS) is 33.7. The summed E-state index contributed by atoms with van der Waals surface area (Å²) in [5.74, 6) is -1.75. The van der Waals surface area contributed by atoms with Crippen LogP contribution in [0, 0.1) is 35.5 Å². The zero-order chi connectivity index (χ0) is 29.9. The average Bonchev–Trinajstić information content (AvgIpc) is 3.51. The van der Waals surface area contributed by atoms with E-state index in [0.717, 1.165) is 37.9 Å². The van der Waals surface area contributed by atoms with E-state index in [0.29, 0.717) is 35.3 Å². The summed E-state index contributed by atoms with van der Waals surface area (Å²) >= 11 is 5.95. The molecule has 220 valence electrons. The molecule has 4 saturated carbocycles. The summed E-state index contributed by atoms with van der Waals surface area (Å²) in [7, 11) is 0. The monoisotopic (exact) mass is 590 g/mol. The second kappa shape index (κ2) is 8.67. The molecule has 3 aromatic heterocycles. The molecule has 0 radical (unpaired) electrons. The van der Waals surface area contributed by atoms with Gasteiger partial charge in [-0.1, -0.05) is 25.4 Å². The molecule has 5 unspecified atom stereocenters. The number of hydrogen-bond donors (Lipinski definition) is 2. The summed E-state index contributed by atoms with van der Waals surface area (Å²) < 4.78 is 8.57. The number of carboxylic acid groups (broad SMARTS) is 1. The zero-order valence-electron chi connectivity index (χ0n) is 24.3. The number of hydrogen-bond acceptors (Lipinski definition) is 8. The molecule has 4 fully saturated rings. The van der Waals surface area contributed by atoms with Gasteiger partial charge < -0.3 is 15.6 Å². The van der Waals surface area contributed by atoms with Gasteiger partial charge in [0, 0.05) is 35.3 Å². The Bertz CT molecular complexity index is 1690. The van der Waals surface area contributed by atoms with E-state index in [9.17, 15) is 14.7 Å². The van der Waals surface area contributed by atoms with Gasteiger partial charge in [-0.05, 0) is 86.0 Å². The fourth-order valence-electron chi connectivity index (χ4n) is 10.6. The third-order valence-electron chi connectivity index (χ3n) is 11.3. The van der Waals surface area contributed by atoms with Crippen molar-refractivity contribution in [2.75, 3.05) is 13.2 Å². The van der Waals surface area contributed by atoms with Gasteiger partial charge in [0.2, 0.25) is 5.78 Å². The van der Waals surface area contributed by atoms with Crippen LogP contribution in [0.25, 0.3) is 11.1 Å². The van der Waals surface area contributed by atoms with Crippen molar-refractivity contribution in [3.63, 3.8) is 0 Å². The summed E-state index contributed by atoms with van der Waals surface area (Å²) in [6.07, 6.45) is 7.28. The van der Waals surface area contributed by atoms with Crippen LogP contribution in [0.3, 0.4) is 0 Å². The Labute approximate surface area is 249 Å². The molecule has 7 rings (SSSR count). The highest BCUT2D eigenvalue weighted by molar-refractivity contribution is 6.30. The molecule has 11 heteroatoms. The molecule has 4 aliphatic carbocycles. The van der Waals surface area contributed by atoms with E-state index < -0.39 is 11.8 Å². The van der Waals surface area contributed by atoms with Gasteiger partial charge in [-0.3, -0.25) is 9.48 Å². The second-order valence-electron chi connectivity index (χ2n) is 13.7. The quantitative estimate of drug-likeness (QED) is 0.340. The molecular formula is C31H35ClN6O4. The number of nitrogens with zero attached hydrogens (tertiary/aromatic N) is 5. The smallest absolute Gasteiger partial charge is 0.355 e. The number of nitrogens with two attached hydrogens (primary N) is 1. The molecule has 0 saturated heterocycles. The lowest BCUT2D eigenvalue weighted by Gasteiger charge is -2.83. The van der Waals surface area contributed by atoms with Crippen molar-refractivity contribution in [2.24, 2.45) is 27.4 Å². The lowest BCUT2D eigenvalue weighted by Crippen LogP contribution is -2.78. The van der Waals surface area contributed by atoms with Crippen molar-refractivity contribution in [1.29, 1.82) is 0 Å². The number of halogens is 1. The van der Waals surface area contributed by atoms with Gasteiger partial charge in [0.25, 0.3) is 0 Å². The lowest BCUT2D eigenvalue weighted by molar-refractivity contribution is -0.358. The first-order chi connectivity index (χ1) is 19.8. The van der Waals surface area contributed by atoms with Gasteiger partial charge in [-0.2, -0.15) is 5.10 Å². The Kier molecular flexibility index (Phi) is 5.70. The molecule has 0 aromatic carbocycles. The molecule has 42 heavy (non-hydrogen) atoms. The summed E-state index contributed by atoms with van der Waals surface area (Å²) in [6.45, 7) is 10.4. The summed E-state index contributed by atoms with van der Waals surface area (Å²) in [4.78, 5) is 29.7. The van der Waals surface area contributed by atoms with Crippen LogP contribution >= 0.6 is 11.6 Å². The van der Waals surface area contributed by atoms with E-state index >= 15 is 0 Å². The minimum atomic E-state index is -1.23. The topological polar surface area (TPSA) is 146 Å². The first kappa shape index (κ1) is 27.6. The van der Waals surface area contributed by atoms with E-state index in [4.69, 9.17) is 27.2 Å². The Morgan fingerprint density at radius 3 is 2.50 bits per heavy atom. The van der Waals surface area contributed by atoms with Crippen LogP contribution in [0.5, 0.6) is 0 Å². The van der Waals surface area contributed by atoms with Crippen LogP contribution in [0.1, 0.15) is 83.9 Å². The Morgan fingerprint density at radius 1 is 1.05 bits per heavy atom. The van der Waals surface area contributed by atoms with Gasteiger partial charge in [0.05, 0.1) is 18.4 Å². The second-order valence-corrected chi connectivity index (χ2v) is 14.1. The van der Waals surface area contributed by atoms with E-state index in [1.807, 2.05) is 11.6 Å². The molecule has 3 heterocycles. The van der Waals surface area contributed by atoms with Crippen LogP contribution in [-0.4, -0.2) is 60.6 Å². The third kappa shape index (κ3) is 3.34. The van der Waals surface area contributed by atoms with E-state index in [1.165, 1.54) is 18.6 Å². The van der Waals surface area contributed by atoms with Crippen LogP contribution in [0.15, 0.2) is 24.4 Å². The lowest BCUT2D eigenvalue weighted by atomic mass is 9.21. The number of pyridine rings is 1. The number of carboxylic acids is 1. The molecule has 1 spiro atoms. The van der Waals surface area contributed by atoms with Crippen molar-refractivity contribution in [2.45, 2.75) is 71.9 Å². The van der Waals surface area contributed by atoms with Crippen LogP contribution in [-0.2, 0) is 11.3 Å². The van der Waals surface area contributed by atoms with E-state index in [1.54, 1.807) is 19.2 Å². The summed E-state index contributed by atoms with van der Waals surface area (Å²) in [5, 5.41) is 22.7. The Morgan fingerprint density at radius 2 is 1.81 bits per heavy atom. The minimum Gasteiger partial charge on any atom is -0.476 e. The van der Waals surface area contributed by atoms with Crippen LogP contribution < -0.4 is 5.73 Å². The van der Waals surface area contributed by atoms with Crippen molar-refractivity contribution < 1.29 is 19.4 Å². The fourth-order valence-corrected chi connectivity index (χ4v) is 10.7. The summed E-state index contributed by atoms with van der Waals surface area (Å²) in [5.41, 5.74) is 8.97. The SMILES string of the molecule is Cc1cc(C(=O)c2ccc(-c3cnn(CC45CC6(OCCN)CC7(C)CC(C)(C4)C75C6)c3C)c(C(=O)O)n2)nnc1Cl. The maximum Gasteiger partial charge on any atom is 0.355 e. The highest BCUT2D eigenvalue weighted by atomic mass is 35.5. The van der Waals surface area contributed by atoms with Crippen molar-refractivity contribution >= 4 is 23.4 Å². The highest BCUT2D eigenvalue weighted by Crippen LogP contribution is 2.96. The maximum absolute atomic E-state index is 13.1. The van der Waals surface area contributed by atoms with Gasteiger partial charge in [0.1, 0.15) is 11.4 Å². The van der Waals surface area contributed by atoms with Crippen LogP contribution in [0.2, 0.25) is 5.15 Å². The Balaban J connectivity index is 1.21. The number of aromatic nitrogens is 5. The van der Waals surface area contributed by atoms with Crippen molar-refractivity contribution in [1.82, 2.24) is 25.0 Å². The van der Waals surface area contributed by atoms with Gasteiger partial charge >= 0.3 is 5.97 Å². The number of ketones is 1. The Hall–Kier alpha value is -3.21. The first-order valence-corrected chi connectivity index (χ1v) is 14.9. The molecule has 3 N–H and O–H groups in total. The molecule has 3 aromatic rings. The number of fused-ring (bicyclic) bond motifs is 1. The predicted octanol–water partition coefficient (Wildman–Crippen LogP) is 4.64. The number of carbonyl (C=O) groups is 2. The highest BCUT2D eigenvalue weighted by Gasteiger charge is 2.92. The standard InChI is InChI=1S/C31H35ClN6O4/c1-17-9-22(36-37-25(17)32)24(39)21-6-5-19(23(35-21)26(40)41)20-10-34-38(18(20)2)16-29-12-27(3)11-28(4)13-30(14-29,42-8-7-33)15-31(27,28)29/h5-6,9-10H,7-8,11-16,33H2,1-4H3,(H,40,41). The fraction of sp³-hybridized carbons (Fsp3) is 0.548. The predicted molar refractivity (Wildman–Crippen MR) is 154 cm³/mol. The average molecular weight is 591 g/mol. The molecule has 4 aliphatic rings. The van der Waals surface area contributed by atoms with Crippen molar-refractivity contribution in [3.05, 3.63) is 57.9 Å². The van der Waals surface area contributed by atoms with Gasteiger partial charge in [-0.25, -0.2) is 9.78 Å². The third-order valence-corrected chi connectivity index (χ3v) is 11.7. The molecule has 10 nitrogen and oxygen atoms in total. The first-order valence-electron chi connectivity index (χ1n) is 14.5. The zero-order valence-corrected chi connectivity index (χ0v) is 25.1. The number of rotatable bonds is 9. The summed E-state index contributed by atoms with van der Waals surface area (Å²) in [6, 6.07) is 4.66.